The van der Waals surface area contributed by atoms with Gasteiger partial charge < -0.3 is 15.2 Å². The fourth-order valence-electron chi connectivity index (χ4n) is 2.55. The maximum atomic E-state index is 12.1. The molecule has 3 nitrogen and oxygen atoms in total. The van der Waals surface area contributed by atoms with Crippen LogP contribution < -0.4 is 10.5 Å². The largest absolute Gasteiger partial charge is 0.493 e. The van der Waals surface area contributed by atoms with Crippen LogP contribution in [0.3, 0.4) is 0 Å². The first-order chi connectivity index (χ1) is 9.47. The molecule has 20 heavy (non-hydrogen) atoms. The zero-order valence-corrected chi connectivity index (χ0v) is 11.1. The Kier molecular flexibility index (Phi) is 4.55. The molecule has 0 amide bonds. The van der Waals surface area contributed by atoms with Crippen LogP contribution in [-0.2, 0) is 10.2 Å². The summed E-state index contributed by atoms with van der Waals surface area (Å²) in [6, 6.07) is 7.53. The third-order valence-electron chi connectivity index (χ3n) is 3.68. The van der Waals surface area contributed by atoms with Crippen LogP contribution in [0.5, 0.6) is 5.75 Å². The molecule has 1 atom stereocenters. The molecule has 1 unspecified atom stereocenters. The van der Waals surface area contributed by atoms with Gasteiger partial charge in [0.2, 0.25) is 0 Å². The van der Waals surface area contributed by atoms with E-state index in [0.29, 0.717) is 26.0 Å². The number of hydrogen-bond acceptors (Lipinski definition) is 3. The second kappa shape index (κ2) is 6.01. The van der Waals surface area contributed by atoms with E-state index in [-0.39, 0.29) is 12.0 Å². The van der Waals surface area contributed by atoms with Crippen molar-refractivity contribution in [1.29, 1.82) is 0 Å². The summed E-state index contributed by atoms with van der Waals surface area (Å²) in [7, 11) is 0. The highest BCUT2D eigenvalue weighted by Crippen LogP contribution is 2.40. The number of alkyl halides is 3. The van der Waals surface area contributed by atoms with E-state index in [4.69, 9.17) is 15.2 Å². The van der Waals surface area contributed by atoms with Gasteiger partial charge in [0.05, 0.1) is 6.61 Å². The van der Waals surface area contributed by atoms with Crippen molar-refractivity contribution in [2.24, 2.45) is 5.73 Å². The van der Waals surface area contributed by atoms with Crippen molar-refractivity contribution in [3.05, 3.63) is 29.8 Å². The summed E-state index contributed by atoms with van der Waals surface area (Å²) in [6.45, 7) is -0.299. The number of hydrogen-bond donors (Lipinski definition) is 1. The first-order valence-corrected chi connectivity index (χ1v) is 6.54. The summed E-state index contributed by atoms with van der Waals surface area (Å²) >= 11 is 0. The Hall–Kier alpha value is -1.27. The maximum Gasteiger partial charge on any atom is 0.411 e. The molecule has 1 heterocycles. The topological polar surface area (TPSA) is 44.5 Å². The van der Waals surface area contributed by atoms with Crippen LogP contribution in [0.2, 0.25) is 0 Å². The predicted molar refractivity (Wildman–Crippen MR) is 68.8 cm³/mol. The first-order valence-electron chi connectivity index (χ1n) is 6.54. The van der Waals surface area contributed by atoms with Crippen molar-refractivity contribution in [2.45, 2.75) is 24.4 Å². The monoisotopic (exact) mass is 289 g/mol. The van der Waals surface area contributed by atoms with Gasteiger partial charge in [0.15, 0.2) is 0 Å². The number of fused-ring (bicyclic) bond motifs is 1. The van der Waals surface area contributed by atoms with E-state index >= 15 is 0 Å². The molecule has 0 fully saturated rings. The zero-order chi connectivity index (χ0) is 14.6. The van der Waals surface area contributed by atoms with Crippen molar-refractivity contribution in [3.8, 4) is 5.75 Å². The van der Waals surface area contributed by atoms with Crippen molar-refractivity contribution in [3.63, 3.8) is 0 Å². The fourth-order valence-corrected chi connectivity index (χ4v) is 2.55. The SMILES string of the molecule is NCC1(CCOCC(F)(F)F)CCOc2ccccc21. The maximum absolute atomic E-state index is 12.1. The molecule has 0 bridgehead atoms. The molecule has 1 aromatic rings. The summed E-state index contributed by atoms with van der Waals surface area (Å²) in [6.07, 6.45) is -3.14. The van der Waals surface area contributed by atoms with Gasteiger partial charge >= 0.3 is 6.18 Å². The molecule has 0 radical (unpaired) electrons. The number of benzene rings is 1. The lowest BCUT2D eigenvalue weighted by atomic mass is 9.73. The van der Waals surface area contributed by atoms with Gasteiger partial charge in [-0.15, -0.1) is 0 Å². The van der Waals surface area contributed by atoms with Crippen molar-refractivity contribution in [1.82, 2.24) is 0 Å². The Bertz CT molecular complexity index is 450. The molecule has 1 aromatic carbocycles. The molecular weight excluding hydrogens is 271 g/mol. The minimum atomic E-state index is -4.29. The van der Waals surface area contributed by atoms with E-state index in [1.807, 2.05) is 24.3 Å². The van der Waals surface area contributed by atoms with E-state index in [2.05, 4.69) is 0 Å². The summed E-state index contributed by atoms with van der Waals surface area (Å²) in [5, 5.41) is 0. The number of nitrogens with two attached hydrogens (primary N) is 1. The van der Waals surface area contributed by atoms with Gasteiger partial charge in [-0.3, -0.25) is 0 Å². The Morgan fingerprint density at radius 1 is 1.30 bits per heavy atom. The Labute approximate surface area is 115 Å². The Balaban J connectivity index is 2.04. The van der Waals surface area contributed by atoms with Gasteiger partial charge in [0.25, 0.3) is 0 Å². The highest BCUT2D eigenvalue weighted by atomic mass is 19.4. The summed E-state index contributed by atoms with van der Waals surface area (Å²) < 4.78 is 46.5. The molecule has 0 aromatic heterocycles. The van der Waals surface area contributed by atoms with E-state index < -0.39 is 12.8 Å². The molecule has 6 heteroatoms. The lowest BCUT2D eigenvalue weighted by Gasteiger charge is -2.38. The molecule has 0 saturated carbocycles. The molecule has 1 aliphatic rings. The van der Waals surface area contributed by atoms with Crippen LogP contribution >= 0.6 is 0 Å². The quantitative estimate of drug-likeness (QED) is 0.848. The van der Waals surface area contributed by atoms with Gasteiger partial charge in [-0.05, 0) is 18.9 Å². The summed E-state index contributed by atoms with van der Waals surface area (Å²) in [5.41, 5.74) is 6.49. The smallest absolute Gasteiger partial charge is 0.411 e. The predicted octanol–water partition coefficient (Wildman–Crippen LogP) is 2.63. The van der Waals surface area contributed by atoms with Gasteiger partial charge in [-0.25, -0.2) is 0 Å². The standard InChI is InChI=1S/C14H18F3NO2/c15-14(16,17)10-19-7-5-13(9-18)6-8-20-12-4-2-1-3-11(12)13/h1-4H,5-10,18H2. The molecule has 1 aliphatic heterocycles. The molecule has 2 rings (SSSR count). The average Bonchev–Trinajstić information content (AvgIpc) is 2.43. The van der Waals surface area contributed by atoms with Crippen molar-refractivity contribution >= 4 is 0 Å². The first kappa shape index (κ1) is 15.1. The molecule has 0 spiro atoms. The van der Waals surface area contributed by atoms with Gasteiger partial charge in [0, 0.05) is 24.1 Å². The normalized spacial score (nSPS) is 22.2. The molecular formula is C14H18F3NO2. The van der Waals surface area contributed by atoms with Crippen LogP contribution in [0.25, 0.3) is 0 Å². The zero-order valence-electron chi connectivity index (χ0n) is 11.1. The van der Waals surface area contributed by atoms with Crippen LogP contribution in [0.1, 0.15) is 18.4 Å². The van der Waals surface area contributed by atoms with E-state index in [1.165, 1.54) is 0 Å². The van der Waals surface area contributed by atoms with Crippen molar-refractivity contribution < 1.29 is 22.6 Å². The van der Waals surface area contributed by atoms with Gasteiger partial charge in [0.1, 0.15) is 12.4 Å². The van der Waals surface area contributed by atoms with Crippen LogP contribution in [-0.4, -0.2) is 32.5 Å². The van der Waals surface area contributed by atoms with Crippen LogP contribution in [0, 0.1) is 0 Å². The number of halogens is 3. The van der Waals surface area contributed by atoms with E-state index in [1.54, 1.807) is 0 Å². The lowest BCUT2D eigenvalue weighted by molar-refractivity contribution is -0.174. The molecule has 2 N–H and O–H groups in total. The fraction of sp³-hybridized carbons (Fsp3) is 0.571. The molecule has 0 saturated heterocycles. The summed E-state index contributed by atoms with van der Waals surface area (Å²) in [5.74, 6) is 0.764. The number of ether oxygens (including phenoxy) is 2. The van der Waals surface area contributed by atoms with Gasteiger partial charge in [-0.1, -0.05) is 18.2 Å². The van der Waals surface area contributed by atoms with E-state index in [0.717, 1.165) is 11.3 Å². The van der Waals surface area contributed by atoms with Gasteiger partial charge in [-0.2, -0.15) is 13.2 Å². The van der Waals surface area contributed by atoms with Crippen molar-refractivity contribution in [2.75, 3.05) is 26.4 Å². The number of para-hydroxylation sites is 1. The Morgan fingerprint density at radius 2 is 2.05 bits per heavy atom. The molecule has 0 aliphatic carbocycles. The molecule has 112 valence electrons. The second-order valence-electron chi connectivity index (χ2n) is 5.00. The van der Waals surface area contributed by atoms with Crippen LogP contribution in [0.15, 0.2) is 24.3 Å². The summed E-state index contributed by atoms with van der Waals surface area (Å²) in [4.78, 5) is 0. The third kappa shape index (κ3) is 3.43. The number of rotatable bonds is 5. The average molecular weight is 289 g/mol. The third-order valence-corrected chi connectivity index (χ3v) is 3.68. The second-order valence-corrected chi connectivity index (χ2v) is 5.00. The van der Waals surface area contributed by atoms with Crippen LogP contribution in [0.4, 0.5) is 13.2 Å². The minimum absolute atomic E-state index is 0.0328. The van der Waals surface area contributed by atoms with E-state index in [9.17, 15) is 13.2 Å². The highest BCUT2D eigenvalue weighted by Gasteiger charge is 2.36. The Morgan fingerprint density at radius 3 is 2.75 bits per heavy atom. The minimum Gasteiger partial charge on any atom is -0.493 e. The highest BCUT2D eigenvalue weighted by molar-refractivity contribution is 5.41. The lowest BCUT2D eigenvalue weighted by Crippen LogP contribution is -2.41.